The number of nitrogens with one attached hydrogen (secondary N) is 2. The van der Waals surface area contributed by atoms with Crippen molar-refractivity contribution in [3.63, 3.8) is 0 Å². The molecule has 0 spiro atoms. The lowest BCUT2D eigenvalue weighted by molar-refractivity contribution is -0.115. The van der Waals surface area contributed by atoms with Crippen LogP contribution in [-0.4, -0.2) is 23.6 Å². The minimum Gasteiger partial charge on any atom is -0.352 e. The van der Waals surface area contributed by atoms with Crippen molar-refractivity contribution in [2.24, 2.45) is 0 Å². The predicted octanol–water partition coefficient (Wildman–Crippen LogP) is 4.34. The Morgan fingerprint density at radius 1 is 1.04 bits per heavy atom. The maximum absolute atomic E-state index is 12.5. The van der Waals surface area contributed by atoms with Gasteiger partial charge >= 0.3 is 0 Å². The molecule has 2 aromatic rings. The van der Waals surface area contributed by atoms with Crippen LogP contribution in [0.15, 0.2) is 59.5 Å². The maximum Gasteiger partial charge on any atom is 0.253 e. The molecule has 2 aromatic carbocycles. The summed E-state index contributed by atoms with van der Waals surface area (Å²) < 4.78 is 0. The Morgan fingerprint density at radius 3 is 2.44 bits per heavy atom. The lowest BCUT2D eigenvalue weighted by Gasteiger charge is -2.15. The van der Waals surface area contributed by atoms with Gasteiger partial charge in [0.2, 0.25) is 5.91 Å². The number of hydrogen-bond donors (Lipinski definition) is 2. The van der Waals surface area contributed by atoms with Gasteiger partial charge in [-0.05, 0) is 37.6 Å². The zero-order valence-electron chi connectivity index (χ0n) is 14.6. The number of para-hydroxylation sites is 1. The molecule has 5 heteroatoms. The van der Waals surface area contributed by atoms with Gasteiger partial charge in [-0.3, -0.25) is 9.59 Å². The van der Waals surface area contributed by atoms with Crippen LogP contribution in [-0.2, 0) is 4.79 Å². The topological polar surface area (TPSA) is 58.2 Å². The first-order valence-electron chi connectivity index (χ1n) is 8.51. The number of rotatable bonds is 8. The molecule has 2 N–H and O–H groups in total. The Hall–Kier alpha value is -2.27. The summed E-state index contributed by atoms with van der Waals surface area (Å²) in [5.41, 5.74) is 1.03. The third-order valence-corrected chi connectivity index (χ3v) is 4.78. The Kier molecular flexibility index (Phi) is 7.54. The van der Waals surface area contributed by atoms with Crippen molar-refractivity contribution in [2.45, 2.75) is 36.8 Å². The number of amides is 2. The zero-order valence-corrected chi connectivity index (χ0v) is 15.4. The van der Waals surface area contributed by atoms with Crippen LogP contribution in [0, 0.1) is 0 Å². The highest BCUT2D eigenvalue weighted by Gasteiger charge is 2.17. The van der Waals surface area contributed by atoms with Gasteiger partial charge in [0.25, 0.3) is 5.91 Å². The van der Waals surface area contributed by atoms with Gasteiger partial charge in [0.15, 0.2) is 0 Å². The lowest BCUT2D eigenvalue weighted by atomic mass is 10.1. The third kappa shape index (κ3) is 5.94. The van der Waals surface area contributed by atoms with Crippen LogP contribution in [0.3, 0.4) is 0 Å². The summed E-state index contributed by atoms with van der Waals surface area (Å²) in [6.07, 6.45) is 1.96. The quantitative estimate of drug-likeness (QED) is 0.546. The fourth-order valence-electron chi connectivity index (χ4n) is 2.26. The highest BCUT2D eigenvalue weighted by atomic mass is 32.2. The van der Waals surface area contributed by atoms with E-state index in [0.717, 1.165) is 17.7 Å². The molecule has 0 saturated heterocycles. The molecule has 0 aromatic heterocycles. The van der Waals surface area contributed by atoms with E-state index in [0.29, 0.717) is 17.8 Å². The first-order valence-corrected chi connectivity index (χ1v) is 9.39. The highest BCUT2D eigenvalue weighted by molar-refractivity contribution is 8.00. The molecule has 25 heavy (non-hydrogen) atoms. The van der Waals surface area contributed by atoms with Crippen LogP contribution in [0.25, 0.3) is 0 Å². The van der Waals surface area contributed by atoms with E-state index >= 15 is 0 Å². The van der Waals surface area contributed by atoms with E-state index in [1.165, 1.54) is 11.8 Å². The number of carbonyl (C=O) groups excluding carboxylic acids is 2. The Labute approximate surface area is 153 Å². The second-order valence-corrected chi connectivity index (χ2v) is 7.13. The van der Waals surface area contributed by atoms with E-state index in [9.17, 15) is 9.59 Å². The highest BCUT2D eigenvalue weighted by Crippen LogP contribution is 2.24. The molecular weight excluding hydrogens is 332 g/mol. The molecule has 0 bridgehead atoms. The monoisotopic (exact) mass is 356 g/mol. The number of benzene rings is 2. The summed E-state index contributed by atoms with van der Waals surface area (Å²) in [7, 11) is 0. The standard InChI is InChI=1S/C20H24N2O2S/c1-3-4-14-21-20(24)17-12-8-9-13-18(17)22-19(23)15(2)25-16-10-6-5-7-11-16/h5-13,15H,3-4,14H2,1-2H3,(H,21,24)(H,22,23)/t15-/m1/s1. The van der Waals surface area contributed by atoms with Crippen LogP contribution in [0.2, 0.25) is 0 Å². The van der Waals surface area contributed by atoms with Gasteiger partial charge in [-0.2, -0.15) is 0 Å². The molecule has 132 valence electrons. The Balaban J connectivity index is 2.01. The molecule has 0 aliphatic rings. The Morgan fingerprint density at radius 2 is 1.72 bits per heavy atom. The van der Waals surface area contributed by atoms with E-state index in [1.807, 2.05) is 43.3 Å². The minimum atomic E-state index is -0.265. The summed E-state index contributed by atoms with van der Waals surface area (Å²) in [5, 5.41) is 5.50. The molecule has 0 saturated carbocycles. The van der Waals surface area contributed by atoms with Crippen molar-refractivity contribution < 1.29 is 9.59 Å². The number of anilines is 1. The molecule has 0 aliphatic heterocycles. The average molecular weight is 356 g/mol. The van der Waals surface area contributed by atoms with Gasteiger partial charge in [0.05, 0.1) is 16.5 Å². The van der Waals surface area contributed by atoms with Crippen LogP contribution in [0.4, 0.5) is 5.69 Å². The molecule has 0 fully saturated rings. The smallest absolute Gasteiger partial charge is 0.253 e. The van der Waals surface area contributed by atoms with Crippen LogP contribution in [0.5, 0.6) is 0 Å². The van der Waals surface area contributed by atoms with E-state index in [2.05, 4.69) is 17.6 Å². The van der Waals surface area contributed by atoms with Gasteiger partial charge < -0.3 is 10.6 Å². The number of hydrogen-bond acceptors (Lipinski definition) is 3. The lowest BCUT2D eigenvalue weighted by Crippen LogP contribution is -2.28. The summed E-state index contributed by atoms with van der Waals surface area (Å²) >= 11 is 1.49. The number of thioether (sulfide) groups is 1. The van der Waals surface area contributed by atoms with Crippen molar-refractivity contribution in [1.82, 2.24) is 5.32 Å². The first kappa shape index (κ1) is 19.1. The fourth-order valence-corrected chi connectivity index (χ4v) is 3.14. The molecule has 0 aliphatic carbocycles. The van der Waals surface area contributed by atoms with Gasteiger partial charge in [-0.15, -0.1) is 11.8 Å². The second-order valence-electron chi connectivity index (χ2n) is 5.72. The minimum absolute atomic E-state index is 0.123. The van der Waals surface area contributed by atoms with Gasteiger partial charge in [-0.1, -0.05) is 43.7 Å². The van der Waals surface area contributed by atoms with Gasteiger partial charge in [0.1, 0.15) is 0 Å². The predicted molar refractivity (Wildman–Crippen MR) is 104 cm³/mol. The largest absolute Gasteiger partial charge is 0.352 e. The van der Waals surface area contributed by atoms with Crippen LogP contribution >= 0.6 is 11.8 Å². The molecular formula is C20H24N2O2S. The van der Waals surface area contributed by atoms with Crippen molar-refractivity contribution in [3.8, 4) is 0 Å². The Bertz CT molecular complexity index is 704. The summed E-state index contributed by atoms with van der Waals surface area (Å²) in [5.74, 6) is -0.282. The van der Waals surface area contributed by atoms with E-state index in [4.69, 9.17) is 0 Å². The maximum atomic E-state index is 12.5. The molecule has 2 rings (SSSR count). The van der Waals surface area contributed by atoms with E-state index < -0.39 is 0 Å². The van der Waals surface area contributed by atoms with Gasteiger partial charge in [0, 0.05) is 11.4 Å². The molecule has 0 unspecified atom stereocenters. The molecule has 2 amide bonds. The normalized spacial score (nSPS) is 11.6. The van der Waals surface area contributed by atoms with Crippen molar-refractivity contribution in [3.05, 3.63) is 60.2 Å². The average Bonchev–Trinajstić information content (AvgIpc) is 2.63. The van der Waals surface area contributed by atoms with E-state index in [1.54, 1.807) is 18.2 Å². The summed E-state index contributed by atoms with van der Waals surface area (Å²) in [6, 6.07) is 16.9. The molecule has 0 heterocycles. The molecule has 4 nitrogen and oxygen atoms in total. The number of carbonyl (C=O) groups is 2. The molecule has 1 atom stereocenters. The van der Waals surface area contributed by atoms with Crippen molar-refractivity contribution in [2.75, 3.05) is 11.9 Å². The third-order valence-electron chi connectivity index (χ3n) is 3.67. The molecule has 0 radical (unpaired) electrons. The van der Waals surface area contributed by atoms with E-state index in [-0.39, 0.29) is 17.1 Å². The summed E-state index contributed by atoms with van der Waals surface area (Å²) in [4.78, 5) is 25.8. The van der Waals surface area contributed by atoms with Crippen molar-refractivity contribution >= 4 is 29.3 Å². The fraction of sp³-hybridized carbons (Fsp3) is 0.300. The van der Waals surface area contributed by atoms with Gasteiger partial charge in [-0.25, -0.2) is 0 Å². The second kappa shape index (κ2) is 9.89. The first-order chi connectivity index (χ1) is 12.1. The van der Waals surface area contributed by atoms with Crippen LogP contribution in [0.1, 0.15) is 37.0 Å². The SMILES string of the molecule is CCCCNC(=O)c1ccccc1NC(=O)[C@@H](C)Sc1ccccc1. The van der Waals surface area contributed by atoms with Crippen LogP contribution < -0.4 is 10.6 Å². The van der Waals surface area contributed by atoms with Crippen molar-refractivity contribution in [1.29, 1.82) is 0 Å². The number of unbranched alkanes of at least 4 members (excludes halogenated alkanes) is 1. The zero-order chi connectivity index (χ0) is 18.1. The summed E-state index contributed by atoms with van der Waals surface area (Å²) in [6.45, 7) is 4.57.